The maximum absolute atomic E-state index is 11.8. The van der Waals surface area contributed by atoms with Crippen molar-refractivity contribution in [2.24, 2.45) is 17.8 Å². The lowest BCUT2D eigenvalue weighted by Crippen LogP contribution is -2.35. The van der Waals surface area contributed by atoms with Gasteiger partial charge in [-0.15, -0.1) is 0 Å². The zero-order chi connectivity index (χ0) is 12.8. The summed E-state index contributed by atoms with van der Waals surface area (Å²) in [4.78, 5) is 22.3. The highest BCUT2D eigenvalue weighted by Crippen LogP contribution is 2.28. The van der Waals surface area contributed by atoms with Crippen LogP contribution in [0.25, 0.3) is 0 Å². The largest absolute Gasteiger partial charge is 0.481 e. The molecule has 4 heteroatoms. The quantitative estimate of drug-likeness (QED) is 0.774. The van der Waals surface area contributed by atoms with E-state index in [-0.39, 0.29) is 24.2 Å². The van der Waals surface area contributed by atoms with Crippen molar-refractivity contribution in [3.05, 3.63) is 0 Å². The lowest BCUT2D eigenvalue weighted by atomic mass is 9.82. The Morgan fingerprint density at radius 1 is 1.29 bits per heavy atom. The fourth-order valence-electron chi connectivity index (χ4n) is 2.31. The van der Waals surface area contributed by atoms with Crippen molar-refractivity contribution < 1.29 is 14.7 Å². The Hall–Kier alpha value is -1.06. The molecule has 0 aromatic rings. The highest BCUT2D eigenvalue weighted by Gasteiger charge is 2.24. The molecule has 1 aliphatic rings. The van der Waals surface area contributed by atoms with E-state index in [0.717, 1.165) is 31.6 Å². The van der Waals surface area contributed by atoms with E-state index in [1.807, 2.05) is 6.92 Å². The summed E-state index contributed by atoms with van der Waals surface area (Å²) in [5.74, 6) is 0.180. The molecule has 0 aromatic carbocycles. The van der Waals surface area contributed by atoms with E-state index >= 15 is 0 Å². The van der Waals surface area contributed by atoms with Crippen LogP contribution in [0.4, 0.5) is 0 Å². The Kier molecular flexibility index (Phi) is 5.45. The number of aliphatic carboxylic acids is 1. The van der Waals surface area contributed by atoms with Crippen LogP contribution in [-0.2, 0) is 9.59 Å². The van der Waals surface area contributed by atoms with Crippen molar-refractivity contribution in [2.75, 3.05) is 6.54 Å². The van der Waals surface area contributed by atoms with Gasteiger partial charge in [-0.3, -0.25) is 9.59 Å². The number of hydrogen-bond donors (Lipinski definition) is 2. The Balaban J connectivity index is 2.22. The molecule has 1 rings (SSSR count). The van der Waals surface area contributed by atoms with Gasteiger partial charge in [0.05, 0.1) is 0 Å². The molecule has 1 aliphatic carbocycles. The SMILES string of the molecule is CC1CCC(C(=O)NCC(C)CC(=O)O)CC1. The number of rotatable bonds is 5. The summed E-state index contributed by atoms with van der Waals surface area (Å²) in [6.07, 6.45) is 4.31. The summed E-state index contributed by atoms with van der Waals surface area (Å²) >= 11 is 0. The molecule has 1 amide bonds. The van der Waals surface area contributed by atoms with Crippen molar-refractivity contribution in [3.8, 4) is 0 Å². The number of carboxylic acid groups (broad SMARTS) is 1. The molecule has 0 saturated heterocycles. The first-order chi connectivity index (χ1) is 7.99. The molecular formula is C13H23NO3. The third kappa shape index (κ3) is 5.20. The lowest BCUT2D eigenvalue weighted by Gasteiger charge is -2.25. The summed E-state index contributed by atoms with van der Waals surface area (Å²) in [5, 5.41) is 11.5. The Labute approximate surface area is 103 Å². The molecule has 0 spiro atoms. The molecule has 0 aromatic heterocycles. The van der Waals surface area contributed by atoms with Crippen LogP contribution in [0.1, 0.15) is 46.0 Å². The molecule has 1 fully saturated rings. The van der Waals surface area contributed by atoms with Crippen LogP contribution in [0.2, 0.25) is 0 Å². The first-order valence-corrected chi connectivity index (χ1v) is 6.48. The molecule has 0 heterocycles. The smallest absolute Gasteiger partial charge is 0.303 e. The summed E-state index contributed by atoms with van der Waals surface area (Å²) in [6, 6.07) is 0. The number of carbonyl (C=O) groups excluding carboxylic acids is 1. The van der Waals surface area contributed by atoms with Gasteiger partial charge in [0.1, 0.15) is 0 Å². The summed E-state index contributed by atoms with van der Waals surface area (Å²) in [6.45, 7) is 4.54. The van der Waals surface area contributed by atoms with E-state index in [4.69, 9.17) is 5.11 Å². The Bertz CT molecular complexity index is 270. The maximum atomic E-state index is 11.8. The van der Waals surface area contributed by atoms with E-state index in [2.05, 4.69) is 12.2 Å². The van der Waals surface area contributed by atoms with Crippen LogP contribution < -0.4 is 5.32 Å². The standard InChI is InChI=1S/C13H23NO3/c1-9-3-5-11(6-4-9)13(17)14-8-10(2)7-12(15)16/h9-11H,3-8H2,1-2H3,(H,14,17)(H,15,16). The molecule has 0 radical (unpaired) electrons. The van der Waals surface area contributed by atoms with Crippen molar-refractivity contribution in [1.82, 2.24) is 5.32 Å². The van der Waals surface area contributed by atoms with Gasteiger partial charge in [-0.2, -0.15) is 0 Å². The van der Waals surface area contributed by atoms with Crippen molar-refractivity contribution >= 4 is 11.9 Å². The number of carbonyl (C=O) groups is 2. The van der Waals surface area contributed by atoms with Gasteiger partial charge in [0, 0.05) is 18.9 Å². The maximum Gasteiger partial charge on any atom is 0.303 e. The summed E-state index contributed by atoms with van der Waals surface area (Å²) in [5.41, 5.74) is 0. The third-order valence-corrected chi connectivity index (χ3v) is 3.53. The zero-order valence-electron chi connectivity index (χ0n) is 10.7. The fraction of sp³-hybridized carbons (Fsp3) is 0.846. The topological polar surface area (TPSA) is 66.4 Å². The van der Waals surface area contributed by atoms with Gasteiger partial charge < -0.3 is 10.4 Å². The minimum Gasteiger partial charge on any atom is -0.481 e. The van der Waals surface area contributed by atoms with Crippen LogP contribution >= 0.6 is 0 Å². The second kappa shape index (κ2) is 6.62. The fourth-order valence-corrected chi connectivity index (χ4v) is 2.31. The molecule has 1 unspecified atom stereocenters. The molecule has 4 nitrogen and oxygen atoms in total. The van der Waals surface area contributed by atoms with Crippen LogP contribution in [0.15, 0.2) is 0 Å². The van der Waals surface area contributed by atoms with Crippen LogP contribution in [-0.4, -0.2) is 23.5 Å². The predicted octanol–water partition coefficient (Wildman–Crippen LogP) is 2.04. The Morgan fingerprint density at radius 2 is 1.88 bits per heavy atom. The predicted molar refractivity (Wildman–Crippen MR) is 65.5 cm³/mol. The van der Waals surface area contributed by atoms with Gasteiger partial charge >= 0.3 is 5.97 Å². The van der Waals surface area contributed by atoms with E-state index in [0.29, 0.717) is 6.54 Å². The van der Waals surface area contributed by atoms with Crippen molar-refractivity contribution in [1.29, 1.82) is 0 Å². The molecule has 2 N–H and O–H groups in total. The van der Waals surface area contributed by atoms with E-state index in [9.17, 15) is 9.59 Å². The van der Waals surface area contributed by atoms with E-state index in [1.54, 1.807) is 0 Å². The van der Waals surface area contributed by atoms with Crippen LogP contribution in [0, 0.1) is 17.8 Å². The highest BCUT2D eigenvalue weighted by atomic mass is 16.4. The van der Waals surface area contributed by atoms with Gasteiger partial charge in [0.2, 0.25) is 5.91 Å². The zero-order valence-corrected chi connectivity index (χ0v) is 10.7. The second-order valence-electron chi connectivity index (χ2n) is 5.40. The van der Waals surface area contributed by atoms with Gasteiger partial charge in [-0.1, -0.05) is 13.8 Å². The van der Waals surface area contributed by atoms with Crippen LogP contribution in [0.5, 0.6) is 0 Å². The second-order valence-corrected chi connectivity index (χ2v) is 5.40. The molecule has 0 aliphatic heterocycles. The Morgan fingerprint density at radius 3 is 2.41 bits per heavy atom. The number of hydrogen-bond acceptors (Lipinski definition) is 2. The average Bonchev–Trinajstić information content (AvgIpc) is 2.26. The molecule has 98 valence electrons. The van der Waals surface area contributed by atoms with E-state index in [1.165, 1.54) is 0 Å². The summed E-state index contributed by atoms with van der Waals surface area (Å²) in [7, 11) is 0. The first kappa shape index (κ1) is 14.0. The average molecular weight is 241 g/mol. The molecule has 0 bridgehead atoms. The minimum atomic E-state index is -0.807. The van der Waals surface area contributed by atoms with Crippen molar-refractivity contribution in [3.63, 3.8) is 0 Å². The van der Waals surface area contributed by atoms with Crippen LogP contribution in [0.3, 0.4) is 0 Å². The third-order valence-electron chi connectivity index (χ3n) is 3.53. The highest BCUT2D eigenvalue weighted by molar-refractivity contribution is 5.78. The molecule has 1 atom stereocenters. The number of amides is 1. The van der Waals surface area contributed by atoms with Gasteiger partial charge in [-0.05, 0) is 37.5 Å². The number of nitrogens with one attached hydrogen (secondary N) is 1. The van der Waals surface area contributed by atoms with E-state index < -0.39 is 5.97 Å². The van der Waals surface area contributed by atoms with Gasteiger partial charge in [0.15, 0.2) is 0 Å². The molecular weight excluding hydrogens is 218 g/mol. The summed E-state index contributed by atoms with van der Waals surface area (Å²) < 4.78 is 0. The minimum absolute atomic E-state index is 0.000959. The lowest BCUT2D eigenvalue weighted by molar-refractivity contribution is -0.138. The van der Waals surface area contributed by atoms with Gasteiger partial charge in [-0.25, -0.2) is 0 Å². The first-order valence-electron chi connectivity index (χ1n) is 6.48. The normalized spacial score (nSPS) is 26.2. The molecule has 1 saturated carbocycles. The monoisotopic (exact) mass is 241 g/mol. The van der Waals surface area contributed by atoms with Crippen molar-refractivity contribution in [2.45, 2.75) is 46.0 Å². The van der Waals surface area contributed by atoms with Gasteiger partial charge in [0.25, 0.3) is 0 Å². The molecule has 17 heavy (non-hydrogen) atoms. The number of carboxylic acids is 1.